The number of carboxylic acid groups (broad SMARTS) is 1. The van der Waals surface area contributed by atoms with Gasteiger partial charge in [-0.1, -0.05) is 32.6 Å². The summed E-state index contributed by atoms with van der Waals surface area (Å²) < 4.78 is 0. The van der Waals surface area contributed by atoms with Gasteiger partial charge in [-0.3, -0.25) is 0 Å². The van der Waals surface area contributed by atoms with Crippen molar-refractivity contribution in [1.29, 1.82) is 0 Å². The molecule has 92 valence electrons. The number of rotatable bonds is 2. The Hall–Kier alpha value is -0.530. The van der Waals surface area contributed by atoms with Crippen LogP contribution in [-0.2, 0) is 4.79 Å². The van der Waals surface area contributed by atoms with Crippen LogP contribution >= 0.6 is 0 Å². The zero-order chi connectivity index (χ0) is 11.5. The van der Waals surface area contributed by atoms with E-state index in [0.29, 0.717) is 5.92 Å². The Morgan fingerprint density at radius 3 is 2.31 bits per heavy atom. The minimum atomic E-state index is -0.811. The Kier molecular flexibility index (Phi) is 3.88. The van der Waals surface area contributed by atoms with E-state index in [2.05, 4.69) is 6.92 Å². The van der Waals surface area contributed by atoms with E-state index in [1.807, 2.05) is 0 Å². The van der Waals surface area contributed by atoms with Crippen LogP contribution in [0.15, 0.2) is 0 Å². The van der Waals surface area contributed by atoms with E-state index < -0.39 is 5.97 Å². The molecule has 2 rings (SSSR count). The third-order valence-electron chi connectivity index (χ3n) is 4.78. The quantitative estimate of drug-likeness (QED) is 0.721. The van der Waals surface area contributed by atoms with Crippen molar-refractivity contribution < 1.29 is 9.90 Å². The molecule has 16 heavy (non-hydrogen) atoms. The third-order valence-corrected chi connectivity index (χ3v) is 4.78. The van der Waals surface area contributed by atoms with Crippen molar-refractivity contribution in [2.24, 2.45) is 23.7 Å². The Bertz CT molecular complexity index is 241. The molecule has 0 aromatic heterocycles. The molecule has 2 aliphatic rings. The fourth-order valence-corrected chi connectivity index (χ4v) is 3.63. The predicted molar refractivity (Wildman–Crippen MR) is 61.6 cm³/mol. The molecule has 2 heteroatoms. The fourth-order valence-electron chi connectivity index (χ4n) is 3.63. The van der Waals surface area contributed by atoms with E-state index in [-0.39, 0.29) is 5.92 Å². The maximum atomic E-state index is 10.9. The monoisotopic (exact) mass is 223 g/mol. The van der Waals surface area contributed by atoms with E-state index in [9.17, 15) is 9.90 Å². The second-order valence-corrected chi connectivity index (χ2v) is 5.96. The van der Waals surface area contributed by atoms with Crippen LogP contribution in [0.2, 0.25) is 0 Å². The zero-order valence-corrected chi connectivity index (χ0v) is 10.3. The molecule has 0 spiro atoms. The van der Waals surface area contributed by atoms with Gasteiger partial charge in [0.2, 0.25) is 0 Å². The molecule has 0 aromatic rings. The summed E-state index contributed by atoms with van der Waals surface area (Å²) in [4.78, 5) is 10.9. The second kappa shape index (κ2) is 5.20. The number of aliphatic carboxylic acids is 1. The van der Waals surface area contributed by atoms with Gasteiger partial charge in [-0.05, 0) is 49.4 Å². The molecular weight excluding hydrogens is 200 g/mol. The summed E-state index contributed by atoms with van der Waals surface area (Å²) in [6.45, 7) is 2.33. The highest BCUT2D eigenvalue weighted by molar-refractivity contribution is 5.67. The zero-order valence-electron chi connectivity index (χ0n) is 10.3. The highest BCUT2D eigenvalue weighted by Gasteiger charge is 2.30. The van der Waals surface area contributed by atoms with Gasteiger partial charge in [-0.25, -0.2) is 0 Å². The van der Waals surface area contributed by atoms with Crippen LogP contribution in [0.1, 0.15) is 58.3 Å². The number of carbonyl (C=O) groups is 1. The lowest BCUT2D eigenvalue weighted by Gasteiger charge is -2.38. The predicted octanol–water partition coefficient (Wildman–Crippen LogP) is 2.37. The molecule has 0 aromatic carbocycles. The molecule has 2 unspecified atom stereocenters. The minimum absolute atomic E-state index is 0.155. The molecule has 2 atom stereocenters. The van der Waals surface area contributed by atoms with Gasteiger partial charge in [0.25, 0.3) is 0 Å². The van der Waals surface area contributed by atoms with Gasteiger partial charge >= 0.3 is 0 Å². The van der Waals surface area contributed by atoms with Crippen LogP contribution in [0.5, 0.6) is 0 Å². The first-order valence-corrected chi connectivity index (χ1v) is 6.87. The highest BCUT2D eigenvalue weighted by Crippen LogP contribution is 2.41. The molecule has 0 saturated heterocycles. The lowest BCUT2D eigenvalue weighted by Crippen LogP contribution is -2.36. The summed E-state index contributed by atoms with van der Waals surface area (Å²) in [5, 5.41) is 10.9. The van der Waals surface area contributed by atoms with E-state index in [1.54, 1.807) is 0 Å². The van der Waals surface area contributed by atoms with E-state index in [1.165, 1.54) is 32.1 Å². The minimum Gasteiger partial charge on any atom is -0.550 e. The first-order chi connectivity index (χ1) is 7.66. The molecule has 0 heterocycles. The van der Waals surface area contributed by atoms with Crippen molar-refractivity contribution in [1.82, 2.24) is 0 Å². The van der Waals surface area contributed by atoms with Crippen LogP contribution in [0.25, 0.3) is 0 Å². The third kappa shape index (κ3) is 2.78. The lowest BCUT2D eigenvalue weighted by atomic mass is 9.69. The topological polar surface area (TPSA) is 40.1 Å². The summed E-state index contributed by atoms with van der Waals surface area (Å²) in [7, 11) is 0. The van der Waals surface area contributed by atoms with Crippen molar-refractivity contribution in [3.63, 3.8) is 0 Å². The molecule has 2 nitrogen and oxygen atoms in total. The normalized spacial score (nSPS) is 40.6. The maximum Gasteiger partial charge on any atom is 0.0445 e. The maximum absolute atomic E-state index is 10.9. The first-order valence-electron chi connectivity index (χ1n) is 6.87. The number of carbonyl (C=O) groups excluding carboxylic acids is 1. The smallest absolute Gasteiger partial charge is 0.0445 e. The van der Waals surface area contributed by atoms with Gasteiger partial charge < -0.3 is 9.90 Å². The molecule has 2 aliphatic carbocycles. The van der Waals surface area contributed by atoms with Gasteiger partial charge in [-0.15, -0.1) is 0 Å². The molecule has 0 N–H and O–H groups in total. The highest BCUT2D eigenvalue weighted by atomic mass is 16.4. The molecule has 0 aliphatic heterocycles. The van der Waals surface area contributed by atoms with E-state index in [4.69, 9.17) is 0 Å². The summed E-state index contributed by atoms with van der Waals surface area (Å²) >= 11 is 0. The van der Waals surface area contributed by atoms with Crippen LogP contribution in [0.3, 0.4) is 0 Å². The summed E-state index contributed by atoms with van der Waals surface area (Å²) in [5.74, 6) is 1.39. The SMILES string of the molecule is CC1CCC(C2CCCC(C(=O)[O-])C2)CC1. The Morgan fingerprint density at radius 2 is 1.69 bits per heavy atom. The van der Waals surface area contributed by atoms with Gasteiger partial charge in [0.15, 0.2) is 0 Å². The molecule has 2 saturated carbocycles. The van der Waals surface area contributed by atoms with Gasteiger partial charge in [0.1, 0.15) is 0 Å². The molecule has 2 fully saturated rings. The van der Waals surface area contributed by atoms with Crippen molar-refractivity contribution in [3.05, 3.63) is 0 Å². The Balaban J connectivity index is 1.87. The van der Waals surface area contributed by atoms with Crippen molar-refractivity contribution >= 4 is 5.97 Å². The fraction of sp³-hybridized carbons (Fsp3) is 0.929. The Labute approximate surface area is 98.4 Å². The lowest BCUT2D eigenvalue weighted by molar-refractivity contribution is -0.313. The van der Waals surface area contributed by atoms with Gasteiger partial charge in [0, 0.05) is 5.97 Å². The van der Waals surface area contributed by atoms with Crippen molar-refractivity contribution in [2.45, 2.75) is 58.3 Å². The number of hydrogen-bond acceptors (Lipinski definition) is 2. The van der Waals surface area contributed by atoms with Crippen LogP contribution in [0.4, 0.5) is 0 Å². The summed E-state index contributed by atoms with van der Waals surface area (Å²) in [5.41, 5.74) is 0. The van der Waals surface area contributed by atoms with Crippen LogP contribution in [-0.4, -0.2) is 5.97 Å². The first kappa shape index (κ1) is 11.9. The average Bonchev–Trinajstić information content (AvgIpc) is 2.30. The molecular formula is C14H23O2-. The largest absolute Gasteiger partial charge is 0.550 e. The Morgan fingerprint density at radius 1 is 1.00 bits per heavy atom. The van der Waals surface area contributed by atoms with Gasteiger partial charge in [-0.2, -0.15) is 0 Å². The van der Waals surface area contributed by atoms with E-state index in [0.717, 1.165) is 31.1 Å². The number of hydrogen-bond donors (Lipinski definition) is 0. The second-order valence-electron chi connectivity index (χ2n) is 5.96. The van der Waals surface area contributed by atoms with E-state index >= 15 is 0 Å². The standard InChI is InChI=1S/C14H24O2/c1-10-5-7-11(8-6-10)12-3-2-4-13(9-12)14(15)16/h10-13H,2-9H2,1H3,(H,15,16)/p-1. The molecule has 0 bridgehead atoms. The summed E-state index contributed by atoms with van der Waals surface area (Å²) in [6, 6.07) is 0. The van der Waals surface area contributed by atoms with Crippen LogP contribution < -0.4 is 5.11 Å². The van der Waals surface area contributed by atoms with Crippen molar-refractivity contribution in [3.8, 4) is 0 Å². The van der Waals surface area contributed by atoms with Crippen LogP contribution in [0, 0.1) is 23.7 Å². The molecule has 0 radical (unpaired) electrons. The van der Waals surface area contributed by atoms with Crippen molar-refractivity contribution in [2.75, 3.05) is 0 Å². The molecule has 0 amide bonds. The summed E-state index contributed by atoms with van der Waals surface area (Å²) in [6.07, 6.45) is 9.42. The number of carboxylic acids is 1. The van der Waals surface area contributed by atoms with Gasteiger partial charge in [0.05, 0.1) is 0 Å². The average molecular weight is 223 g/mol.